The highest BCUT2D eigenvalue weighted by Crippen LogP contribution is 2.23. The summed E-state index contributed by atoms with van der Waals surface area (Å²) in [6, 6.07) is 14.4. The molecular weight excluding hydrogens is 196 g/mol. The monoisotopic (exact) mass is 212 g/mol. The van der Waals surface area contributed by atoms with Gasteiger partial charge in [-0.25, -0.2) is 0 Å². The molecule has 0 saturated carbocycles. The number of fused-ring (bicyclic) bond motifs is 1. The van der Waals surface area contributed by atoms with Crippen LogP contribution < -0.4 is 0 Å². The molecule has 0 heterocycles. The topological polar surface area (TPSA) is 0 Å². The summed E-state index contributed by atoms with van der Waals surface area (Å²) in [6.07, 6.45) is 3.15. The number of hydrogen-bond donors (Lipinski definition) is 0. The quantitative estimate of drug-likeness (QED) is 0.686. The fraction of sp³-hybridized carbons (Fsp3) is 0.143. The van der Waals surface area contributed by atoms with E-state index < -0.39 is 0 Å². The summed E-state index contributed by atoms with van der Waals surface area (Å²) in [4.78, 5) is 0. The van der Waals surface area contributed by atoms with E-state index in [-0.39, 0.29) is 0 Å². The summed E-state index contributed by atoms with van der Waals surface area (Å²) < 4.78 is 0. The average molecular weight is 212 g/mol. The largest absolute Gasteiger partial charge is 0.0984 e. The van der Waals surface area contributed by atoms with Crippen LogP contribution in [-0.2, 0) is 6.42 Å². The van der Waals surface area contributed by atoms with Crippen LogP contribution in [0, 0.1) is 0 Å². The molecule has 0 atom stereocenters. The van der Waals surface area contributed by atoms with E-state index >= 15 is 0 Å². The molecule has 2 aromatic rings. The maximum Gasteiger partial charge on any atom is 0.00321 e. The Labute approximate surface area is 94.1 Å². The summed E-state index contributed by atoms with van der Waals surface area (Å²) >= 11 is 0. The molecule has 0 saturated heterocycles. The third kappa shape index (κ3) is 1.88. The van der Waals surface area contributed by atoms with Gasteiger partial charge in [-0.05, 0) is 28.3 Å². The summed E-state index contributed by atoms with van der Waals surface area (Å²) in [7, 11) is 1.28. The summed E-state index contributed by atoms with van der Waals surface area (Å²) in [5.74, 6) is 0. The lowest BCUT2D eigenvalue weighted by Crippen LogP contribution is -1.87. The van der Waals surface area contributed by atoms with E-state index in [9.17, 15) is 0 Å². The molecule has 0 bridgehead atoms. The lowest BCUT2D eigenvalue weighted by Gasteiger charge is -2.07. The van der Waals surface area contributed by atoms with Gasteiger partial charge in [0.1, 0.15) is 0 Å². The van der Waals surface area contributed by atoms with Crippen LogP contribution in [0.3, 0.4) is 0 Å². The molecule has 2 aromatic carbocycles. The fourth-order valence-electron chi connectivity index (χ4n) is 2.06. The zero-order valence-corrected chi connectivity index (χ0v) is 11.2. The van der Waals surface area contributed by atoms with Gasteiger partial charge in [0, 0.05) is 10.2 Å². The fourth-order valence-corrected chi connectivity index (χ4v) is 2.60. The zero-order chi connectivity index (χ0) is 10.7. The molecule has 1 heteroatoms. The lowest BCUT2D eigenvalue weighted by molar-refractivity contribution is 1.15. The normalized spacial score (nSPS) is 10.7. The van der Waals surface area contributed by atoms with Crippen LogP contribution in [0.25, 0.3) is 16.8 Å². The molecule has 76 valence electrons. The SMILES string of the molecule is C=Cc1cccc2c(CC[SiH3])cccc12. The molecule has 0 spiro atoms. The Balaban J connectivity index is 2.70. The molecule has 0 aromatic heterocycles. The second-order valence-corrected chi connectivity index (χ2v) is 4.81. The first kappa shape index (κ1) is 10.2. The van der Waals surface area contributed by atoms with Crippen LogP contribution in [0.5, 0.6) is 0 Å². The second-order valence-electron chi connectivity index (χ2n) is 3.81. The number of rotatable bonds is 3. The molecule has 0 aliphatic rings. The molecule has 0 radical (unpaired) electrons. The Hall–Kier alpha value is -1.34. The molecule has 0 aliphatic carbocycles. The van der Waals surface area contributed by atoms with Gasteiger partial charge < -0.3 is 0 Å². The van der Waals surface area contributed by atoms with Crippen LogP contribution in [0.4, 0.5) is 0 Å². The van der Waals surface area contributed by atoms with Crippen molar-refractivity contribution < 1.29 is 0 Å². The molecule has 2 rings (SSSR count). The first-order chi connectivity index (χ1) is 7.36. The van der Waals surface area contributed by atoms with Crippen molar-refractivity contribution in [2.45, 2.75) is 12.5 Å². The summed E-state index contributed by atoms with van der Waals surface area (Å²) in [6.45, 7) is 3.86. The van der Waals surface area contributed by atoms with Crippen molar-refractivity contribution in [3.63, 3.8) is 0 Å². The Morgan fingerprint density at radius 2 is 1.80 bits per heavy atom. The molecule has 0 fully saturated rings. The van der Waals surface area contributed by atoms with E-state index in [4.69, 9.17) is 0 Å². The predicted octanol–water partition coefficient (Wildman–Crippen LogP) is 2.81. The van der Waals surface area contributed by atoms with Crippen LogP contribution in [0.15, 0.2) is 43.0 Å². The molecule has 0 unspecified atom stereocenters. The van der Waals surface area contributed by atoms with Crippen molar-refractivity contribution in [1.29, 1.82) is 0 Å². The van der Waals surface area contributed by atoms with Gasteiger partial charge in [-0.1, -0.05) is 55.1 Å². The van der Waals surface area contributed by atoms with Gasteiger partial charge in [-0.15, -0.1) is 0 Å². The maximum atomic E-state index is 3.86. The molecule has 0 N–H and O–H groups in total. The van der Waals surface area contributed by atoms with E-state index in [2.05, 4.69) is 43.0 Å². The highest BCUT2D eigenvalue weighted by atomic mass is 28.1. The number of hydrogen-bond acceptors (Lipinski definition) is 0. The minimum Gasteiger partial charge on any atom is -0.0984 e. The maximum absolute atomic E-state index is 3.86. The Kier molecular flexibility index (Phi) is 3.02. The van der Waals surface area contributed by atoms with Gasteiger partial charge in [0.25, 0.3) is 0 Å². The van der Waals surface area contributed by atoms with Crippen LogP contribution in [-0.4, -0.2) is 10.2 Å². The van der Waals surface area contributed by atoms with Gasteiger partial charge in [0.05, 0.1) is 0 Å². The van der Waals surface area contributed by atoms with Crippen molar-refractivity contribution in [2.75, 3.05) is 0 Å². The van der Waals surface area contributed by atoms with E-state index in [0.29, 0.717) is 0 Å². The van der Waals surface area contributed by atoms with Gasteiger partial charge in [-0.3, -0.25) is 0 Å². The van der Waals surface area contributed by atoms with Crippen LogP contribution in [0.2, 0.25) is 6.04 Å². The van der Waals surface area contributed by atoms with Crippen molar-refractivity contribution in [1.82, 2.24) is 0 Å². The van der Waals surface area contributed by atoms with Crippen molar-refractivity contribution in [2.24, 2.45) is 0 Å². The molecule has 0 nitrogen and oxygen atoms in total. The van der Waals surface area contributed by atoms with E-state index in [1.165, 1.54) is 44.6 Å². The third-order valence-corrected chi connectivity index (χ3v) is 3.29. The third-order valence-electron chi connectivity index (χ3n) is 2.79. The highest BCUT2D eigenvalue weighted by Gasteiger charge is 2.01. The van der Waals surface area contributed by atoms with Crippen LogP contribution >= 0.6 is 0 Å². The first-order valence-electron chi connectivity index (χ1n) is 5.50. The Bertz CT molecular complexity index is 486. The second kappa shape index (κ2) is 4.45. The van der Waals surface area contributed by atoms with E-state index in [1.54, 1.807) is 0 Å². The molecule has 0 amide bonds. The molecule has 15 heavy (non-hydrogen) atoms. The van der Waals surface area contributed by atoms with Crippen molar-refractivity contribution in [3.8, 4) is 0 Å². The predicted molar refractivity (Wildman–Crippen MR) is 72.5 cm³/mol. The standard InChI is InChI=1S/C14H16Si/c1-2-11-5-3-8-14-12(9-10-15)6-4-7-13(11)14/h2-8H,1,9-10H2,15H3. The molecular formula is C14H16Si. The average Bonchev–Trinajstić information content (AvgIpc) is 2.29. The van der Waals surface area contributed by atoms with Gasteiger partial charge in [0.15, 0.2) is 0 Å². The highest BCUT2D eigenvalue weighted by molar-refractivity contribution is 6.08. The molecule has 0 aliphatic heterocycles. The first-order valence-corrected chi connectivity index (χ1v) is 6.91. The van der Waals surface area contributed by atoms with E-state index in [0.717, 1.165) is 0 Å². The Morgan fingerprint density at radius 3 is 2.53 bits per heavy atom. The zero-order valence-electron chi connectivity index (χ0n) is 9.16. The van der Waals surface area contributed by atoms with E-state index in [1.807, 2.05) is 6.08 Å². The van der Waals surface area contributed by atoms with Gasteiger partial charge in [-0.2, -0.15) is 0 Å². The van der Waals surface area contributed by atoms with Crippen molar-refractivity contribution in [3.05, 3.63) is 54.1 Å². The summed E-state index contributed by atoms with van der Waals surface area (Å²) in [5, 5.41) is 2.73. The number of benzene rings is 2. The lowest BCUT2D eigenvalue weighted by atomic mass is 9.99. The van der Waals surface area contributed by atoms with Crippen molar-refractivity contribution >= 4 is 27.1 Å². The minimum atomic E-state index is 1.21. The summed E-state index contributed by atoms with van der Waals surface area (Å²) in [5.41, 5.74) is 2.72. The Morgan fingerprint density at radius 1 is 1.07 bits per heavy atom. The van der Waals surface area contributed by atoms with Gasteiger partial charge in [0.2, 0.25) is 0 Å². The smallest absolute Gasteiger partial charge is 0.00321 e. The number of aryl methyl sites for hydroxylation is 1. The van der Waals surface area contributed by atoms with Crippen LogP contribution in [0.1, 0.15) is 11.1 Å². The van der Waals surface area contributed by atoms with Gasteiger partial charge >= 0.3 is 0 Å². The minimum absolute atomic E-state index is 1.21.